The first kappa shape index (κ1) is 24.2. The molecule has 1 aliphatic rings. The minimum absolute atomic E-state index is 0.00521. The SMILES string of the molecule is CCCCCCCCC=CCCCCCCCC(=O)N[C@@H]1CCCC[C@H]1O. The zero-order valence-corrected chi connectivity index (χ0v) is 17.9. The molecular weight excluding hydrogens is 334 g/mol. The minimum Gasteiger partial charge on any atom is -0.391 e. The van der Waals surface area contributed by atoms with Crippen LogP contribution >= 0.6 is 0 Å². The Kier molecular flexibility index (Phi) is 15.5. The first-order valence-electron chi connectivity index (χ1n) is 11.9. The maximum absolute atomic E-state index is 12.0. The van der Waals surface area contributed by atoms with Gasteiger partial charge >= 0.3 is 0 Å². The standard InChI is InChI=1S/C24H45NO2/c1-2-3-4-5-6-7-8-9-10-11-12-13-14-15-16-21-24(27)25-22-19-17-18-20-23(22)26/h9-10,22-23,26H,2-8,11-21H2,1H3,(H,25,27)/t22-,23-/m1/s1. The molecule has 3 heteroatoms. The lowest BCUT2D eigenvalue weighted by atomic mass is 9.92. The van der Waals surface area contributed by atoms with Crippen molar-refractivity contribution in [3.05, 3.63) is 12.2 Å². The molecule has 0 radical (unpaired) electrons. The van der Waals surface area contributed by atoms with Crippen molar-refractivity contribution < 1.29 is 9.90 Å². The average Bonchev–Trinajstić information content (AvgIpc) is 2.66. The van der Waals surface area contributed by atoms with Crippen LogP contribution in [0.2, 0.25) is 0 Å². The molecule has 3 nitrogen and oxygen atoms in total. The Hall–Kier alpha value is -0.830. The van der Waals surface area contributed by atoms with Crippen LogP contribution in [0.25, 0.3) is 0 Å². The van der Waals surface area contributed by atoms with E-state index in [1.54, 1.807) is 0 Å². The van der Waals surface area contributed by atoms with Gasteiger partial charge in [0, 0.05) is 6.42 Å². The number of nitrogens with one attached hydrogen (secondary N) is 1. The van der Waals surface area contributed by atoms with Crippen molar-refractivity contribution >= 4 is 5.91 Å². The van der Waals surface area contributed by atoms with Crippen molar-refractivity contribution in [2.24, 2.45) is 0 Å². The van der Waals surface area contributed by atoms with Crippen molar-refractivity contribution in [2.75, 3.05) is 0 Å². The van der Waals surface area contributed by atoms with Crippen molar-refractivity contribution in [3.8, 4) is 0 Å². The Morgan fingerprint density at radius 2 is 1.41 bits per heavy atom. The number of amides is 1. The lowest BCUT2D eigenvalue weighted by Gasteiger charge is -2.28. The van der Waals surface area contributed by atoms with Gasteiger partial charge in [0.15, 0.2) is 0 Å². The molecule has 2 atom stereocenters. The molecule has 0 bridgehead atoms. The van der Waals surface area contributed by atoms with Crippen LogP contribution in [0.4, 0.5) is 0 Å². The number of carbonyl (C=O) groups excluding carboxylic acids is 1. The van der Waals surface area contributed by atoms with E-state index in [0.29, 0.717) is 6.42 Å². The molecule has 0 heterocycles. The fourth-order valence-corrected chi connectivity index (χ4v) is 3.91. The Morgan fingerprint density at radius 1 is 0.852 bits per heavy atom. The quantitative estimate of drug-likeness (QED) is 0.239. The number of allylic oxidation sites excluding steroid dienone is 2. The Bertz CT molecular complexity index is 381. The lowest BCUT2D eigenvalue weighted by Crippen LogP contribution is -2.44. The van der Waals surface area contributed by atoms with Crippen LogP contribution in [-0.4, -0.2) is 23.2 Å². The van der Waals surface area contributed by atoms with Crippen LogP contribution in [0.3, 0.4) is 0 Å². The predicted molar refractivity (Wildman–Crippen MR) is 116 cm³/mol. The van der Waals surface area contributed by atoms with Crippen LogP contribution in [0, 0.1) is 0 Å². The van der Waals surface area contributed by atoms with Crippen LogP contribution in [0.5, 0.6) is 0 Å². The van der Waals surface area contributed by atoms with Crippen LogP contribution in [-0.2, 0) is 4.79 Å². The average molecular weight is 380 g/mol. The summed E-state index contributed by atoms with van der Waals surface area (Å²) in [6.07, 6.45) is 25.6. The van der Waals surface area contributed by atoms with E-state index < -0.39 is 0 Å². The molecule has 0 unspecified atom stereocenters. The molecule has 1 rings (SSSR count). The molecular formula is C24H45NO2. The van der Waals surface area contributed by atoms with Crippen molar-refractivity contribution in [2.45, 2.75) is 135 Å². The Labute approximate surface area is 168 Å². The first-order chi connectivity index (χ1) is 13.2. The van der Waals surface area contributed by atoms with Crippen molar-refractivity contribution in [3.63, 3.8) is 0 Å². The second kappa shape index (κ2) is 17.3. The fraction of sp³-hybridized carbons (Fsp3) is 0.875. The number of hydrogen-bond donors (Lipinski definition) is 2. The van der Waals surface area contributed by atoms with Gasteiger partial charge < -0.3 is 10.4 Å². The van der Waals surface area contributed by atoms with Gasteiger partial charge in [-0.2, -0.15) is 0 Å². The van der Waals surface area contributed by atoms with E-state index in [-0.39, 0.29) is 18.1 Å². The largest absolute Gasteiger partial charge is 0.391 e. The number of unbranched alkanes of at least 4 members (excludes halogenated alkanes) is 11. The van der Waals surface area contributed by atoms with E-state index in [4.69, 9.17) is 0 Å². The summed E-state index contributed by atoms with van der Waals surface area (Å²) in [6.45, 7) is 2.27. The fourth-order valence-electron chi connectivity index (χ4n) is 3.91. The molecule has 1 amide bonds. The van der Waals surface area contributed by atoms with E-state index >= 15 is 0 Å². The van der Waals surface area contributed by atoms with Gasteiger partial charge in [-0.15, -0.1) is 0 Å². The zero-order chi connectivity index (χ0) is 19.6. The molecule has 0 aromatic heterocycles. The molecule has 2 N–H and O–H groups in total. The monoisotopic (exact) mass is 379 g/mol. The summed E-state index contributed by atoms with van der Waals surface area (Å²) in [4.78, 5) is 12.0. The maximum Gasteiger partial charge on any atom is 0.220 e. The van der Waals surface area contributed by atoms with Crippen LogP contribution in [0.1, 0.15) is 122 Å². The third kappa shape index (κ3) is 13.9. The molecule has 0 saturated heterocycles. The number of aliphatic hydroxyl groups excluding tert-OH is 1. The molecule has 1 aliphatic carbocycles. The van der Waals surface area contributed by atoms with E-state index in [9.17, 15) is 9.90 Å². The van der Waals surface area contributed by atoms with Gasteiger partial charge in [-0.1, -0.05) is 83.3 Å². The second-order valence-corrected chi connectivity index (χ2v) is 8.36. The summed E-state index contributed by atoms with van der Waals surface area (Å²) in [6, 6.07) is -0.00521. The van der Waals surface area contributed by atoms with Gasteiger partial charge in [0.1, 0.15) is 0 Å². The Balaban J connectivity index is 1.83. The third-order valence-corrected chi connectivity index (χ3v) is 5.74. The van der Waals surface area contributed by atoms with E-state index in [1.165, 1.54) is 70.6 Å². The lowest BCUT2D eigenvalue weighted by molar-refractivity contribution is -0.123. The van der Waals surface area contributed by atoms with Gasteiger partial charge in [-0.3, -0.25) is 4.79 Å². The highest BCUT2D eigenvalue weighted by molar-refractivity contribution is 5.76. The predicted octanol–water partition coefficient (Wildman–Crippen LogP) is 6.44. The summed E-state index contributed by atoms with van der Waals surface area (Å²) >= 11 is 0. The highest BCUT2D eigenvalue weighted by atomic mass is 16.3. The smallest absolute Gasteiger partial charge is 0.220 e. The normalized spacial score (nSPS) is 20.2. The molecule has 0 aromatic rings. The second-order valence-electron chi connectivity index (χ2n) is 8.36. The summed E-state index contributed by atoms with van der Waals surface area (Å²) in [5.74, 6) is 0.124. The molecule has 27 heavy (non-hydrogen) atoms. The molecule has 0 aromatic carbocycles. The third-order valence-electron chi connectivity index (χ3n) is 5.74. The minimum atomic E-state index is -0.336. The van der Waals surface area contributed by atoms with Gasteiger partial charge in [0.05, 0.1) is 12.1 Å². The van der Waals surface area contributed by atoms with E-state index in [2.05, 4.69) is 24.4 Å². The molecule has 1 saturated carbocycles. The van der Waals surface area contributed by atoms with Crippen molar-refractivity contribution in [1.82, 2.24) is 5.32 Å². The Morgan fingerprint density at radius 3 is 2.04 bits per heavy atom. The number of carbonyl (C=O) groups is 1. The molecule has 158 valence electrons. The van der Waals surface area contributed by atoms with Gasteiger partial charge in [-0.25, -0.2) is 0 Å². The molecule has 0 spiro atoms. The number of rotatable bonds is 16. The highest BCUT2D eigenvalue weighted by Crippen LogP contribution is 2.18. The zero-order valence-electron chi connectivity index (χ0n) is 17.9. The highest BCUT2D eigenvalue weighted by Gasteiger charge is 2.23. The summed E-state index contributed by atoms with van der Waals surface area (Å²) in [5, 5.41) is 12.9. The van der Waals surface area contributed by atoms with Gasteiger partial charge in [0.25, 0.3) is 0 Å². The molecule has 0 aliphatic heterocycles. The van der Waals surface area contributed by atoms with Crippen LogP contribution in [0.15, 0.2) is 12.2 Å². The van der Waals surface area contributed by atoms with Gasteiger partial charge in [-0.05, 0) is 44.9 Å². The van der Waals surface area contributed by atoms with Crippen LogP contribution < -0.4 is 5.32 Å². The maximum atomic E-state index is 12.0. The topological polar surface area (TPSA) is 49.3 Å². The first-order valence-corrected chi connectivity index (χ1v) is 11.9. The summed E-state index contributed by atoms with van der Waals surface area (Å²) in [7, 11) is 0. The molecule has 1 fully saturated rings. The summed E-state index contributed by atoms with van der Waals surface area (Å²) in [5.41, 5.74) is 0. The number of aliphatic hydroxyl groups is 1. The summed E-state index contributed by atoms with van der Waals surface area (Å²) < 4.78 is 0. The van der Waals surface area contributed by atoms with E-state index in [1.807, 2.05) is 0 Å². The van der Waals surface area contributed by atoms with Gasteiger partial charge in [0.2, 0.25) is 5.91 Å². The number of hydrogen-bond acceptors (Lipinski definition) is 2. The van der Waals surface area contributed by atoms with E-state index in [0.717, 1.165) is 38.5 Å². The van der Waals surface area contributed by atoms with Crippen molar-refractivity contribution in [1.29, 1.82) is 0 Å².